The molecule has 1 aliphatic heterocycles. The minimum absolute atomic E-state index is 0.00667. The molecule has 1 saturated heterocycles. The van der Waals surface area contributed by atoms with Crippen LogP contribution in [0.25, 0.3) is 0 Å². The Morgan fingerprint density at radius 3 is 2.79 bits per heavy atom. The number of methoxy groups -OCH3 is 1. The Bertz CT molecular complexity index is 869. The van der Waals surface area contributed by atoms with Gasteiger partial charge in [0.1, 0.15) is 23.7 Å². The number of nitrogens with two attached hydrogens (primary N) is 1. The van der Waals surface area contributed by atoms with Crippen LogP contribution in [0, 0.1) is 5.82 Å². The van der Waals surface area contributed by atoms with E-state index < -0.39 is 11.6 Å². The maximum atomic E-state index is 13.6. The highest BCUT2D eigenvalue weighted by molar-refractivity contribution is 6.13. The summed E-state index contributed by atoms with van der Waals surface area (Å²) in [6, 6.07) is 3.85. The van der Waals surface area contributed by atoms with Crippen LogP contribution in [-0.4, -0.2) is 59.7 Å². The average Bonchev–Trinajstić information content (AvgIpc) is 2.69. The van der Waals surface area contributed by atoms with Crippen LogP contribution in [0.4, 0.5) is 16.2 Å². The van der Waals surface area contributed by atoms with E-state index in [0.29, 0.717) is 12.5 Å². The van der Waals surface area contributed by atoms with E-state index >= 15 is 0 Å². The van der Waals surface area contributed by atoms with Crippen molar-refractivity contribution in [3.8, 4) is 5.75 Å². The van der Waals surface area contributed by atoms with Gasteiger partial charge in [-0.05, 0) is 31.0 Å². The summed E-state index contributed by atoms with van der Waals surface area (Å²) in [6.45, 7) is 2.06. The number of nitrogen functional groups attached to an aromatic ring is 1. The first kappa shape index (κ1) is 19.7. The second-order valence-corrected chi connectivity index (χ2v) is 6.55. The highest BCUT2D eigenvalue weighted by Gasteiger charge is 2.22. The Morgan fingerprint density at radius 2 is 2.14 bits per heavy atom. The van der Waals surface area contributed by atoms with E-state index in [2.05, 4.69) is 20.2 Å². The molecule has 8 nitrogen and oxygen atoms in total. The number of hydrogen-bond acceptors (Lipinski definition) is 8. The third-order valence-electron chi connectivity index (χ3n) is 4.72. The molecule has 2 aromatic rings. The second kappa shape index (κ2) is 8.75. The fourth-order valence-electron chi connectivity index (χ4n) is 3.19. The number of carbonyl (C=O) groups is 2. The summed E-state index contributed by atoms with van der Waals surface area (Å²) in [5, 5.41) is 3.21. The van der Waals surface area contributed by atoms with E-state index in [-0.39, 0.29) is 28.7 Å². The third-order valence-corrected chi connectivity index (χ3v) is 4.72. The van der Waals surface area contributed by atoms with Gasteiger partial charge in [-0.25, -0.2) is 9.37 Å². The lowest BCUT2D eigenvalue weighted by Crippen LogP contribution is -2.40. The van der Waals surface area contributed by atoms with Crippen LogP contribution >= 0.6 is 0 Å². The minimum atomic E-state index is -0.553. The molecule has 3 rings (SSSR count). The number of nitrogens with zero attached hydrogens (tertiary/aromatic N) is 3. The lowest BCUT2D eigenvalue weighted by Gasteiger charge is -2.31. The van der Waals surface area contributed by atoms with Crippen molar-refractivity contribution in [3.05, 3.63) is 41.3 Å². The van der Waals surface area contributed by atoms with Gasteiger partial charge >= 0.3 is 0 Å². The first-order valence-corrected chi connectivity index (χ1v) is 8.95. The number of aromatic nitrogens is 2. The van der Waals surface area contributed by atoms with Gasteiger partial charge in [0.25, 0.3) is 0 Å². The molecule has 0 atom stereocenters. The quantitative estimate of drug-likeness (QED) is 0.543. The van der Waals surface area contributed by atoms with Crippen molar-refractivity contribution < 1.29 is 18.7 Å². The summed E-state index contributed by atoms with van der Waals surface area (Å²) in [5.41, 5.74) is 6.10. The molecular weight excluding hydrogens is 365 g/mol. The maximum Gasteiger partial charge on any atom is 0.224 e. The number of aldehydes is 1. The predicted octanol–water partition coefficient (Wildman–Crippen LogP) is 1.51. The maximum absolute atomic E-state index is 13.6. The number of benzene rings is 1. The molecule has 1 aromatic carbocycles. The molecule has 148 valence electrons. The van der Waals surface area contributed by atoms with E-state index in [1.54, 1.807) is 0 Å². The zero-order valence-corrected chi connectivity index (χ0v) is 15.5. The number of piperidine rings is 1. The third kappa shape index (κ3) is 4.42. The van der Waals surface area contributed by atoms with E-state index in [1.165, 1.54) is 25.4 Å². The van der Waals surface area contributed by atoms with Crippen LogP contribution < -0.4 is 15.8 Å². The largest absolute Gasteiger partial charge is 0.496 e. The summed E-state index contributed by atoms with van der Waals surface area (Å²) < 4.78 is 18.7. The molecule has 9 heteroatoms. The number of carbonyl (C=O) groups excluding carboxylic acids is 2. The van der Waals surface area contributed by atoms with Gasteiger partial charge in [0, 0.05) is 25.3 Å². The first-order chi connectivity index (χ1) is 13.5. The normalized spacial score (nSPS) is 15.2. The summed E-state index contributed by atoms with van der Waals surface area (Å²) in [5.74, 6) is -0.484. The zero-order valence-electron chi connectivity index (χ0n) is 15.5. The van der Waals surface area contributed by atoms with E-state index in [0.717, 1.165) is 38.3 Å². The van der Waals surface area contributed by atoms with Crippen LogP contribution in [0.5, 0.6) is 5.75 Å². The van der Waals surface area contributed by atoms with Crippen molar-refractivity contribution in [2.75, 3.05) is 37.8 Å². The number of likely N-dealkylation sites (tertiary alicyclic amines) is 1. The van der Waals surface area contributed by atoms with Crippen molar-refractivity contribution >= 4 is 23.8 Å². The van der Waals surface area contributed by atoms with Crippen LogP contribution in [-0.2, 0) is 4.79 Å². The lowest BCUT2D eigenvalue weighted by molar-refractivity contribution is -0.109. The van der Waals surface area contributed by atoms with Crippen LogP contribution in [0.3, 0.4) is 0 Å². The Balaban J connectivity index is 1.72. The molecule has 28 heavy (non-hydrogen) atoms. The van der Waals surface area contributed by atoms with Gasteiger partial charge in [-0.15, -0.1) is 0 Å². The van der Waals surface area contributed by atoms with Gasteiger partial charge < -0.3 is 20.6 Å². The topological polar surface area (TPSA) is 110 Å². The molecule has 1 aromatic heterocycles. The van der Waals surface area contributed by atoms with Crippen LogP contribution in [0.15, 0.2) is 24.4 Å². The van der Waals surface area contributed by atoms with Gasteiger partial charge in [-0.3, -0.25) is 9.69 Å². The monoisotopic (exact) mass is 387 g/mol. The zero-order chi connectivity index (χ0) is 20.1. The van der Waals surface area contributed by atoms with Crippen molar-refractivity contribution in [1.82, 2.24) is 14.9 Å². The molecule has 1 fully saturated rings. The number of ketones is 1. The Morgan fingerprint density at radius 1 is 1.39 bits per heavy atom. The molecule has 0 aliphatic carbocycles. The summed E-state index contributed by atoms with van der Waals surface area (Å²) in [4.78, 5) is 33.8. The number of hydrogen-bond donors (Lipinski definition) is 2. The minimum Gasteiger partial charge on any atom is -0.496 e. The Hall–Kier alpha value is -3.07. The molecule has 0 radical (unpaired) electrons. The van der Waals surface area contributed by atoms with E-state index in [9.17, 15) is 14.0 Å². The average molecular weight is 387 g/mol. The van der Waals surface area contributed by atoms with Gasteiger partial charge in [-0.1, -0.05) is 0 Å². The van der Waals surface area contributed by atoms with Gasteiger partial charge in [0.2, 0.25) is 11.7 Å². The van der Waals surface area contributed by atoms with Crippen LogP contribution in [0.2, 0.25) is 0 Å². The second-order valence-electron chi connectivity index (χ2n) is 6.55. The van der Waals surface area contributed by atoms with Gasteiger partial charge in [0.15, 0.2) is 0 Å². The molecule has 0 spiro atoms. The fourth-order valence-corrected chi connectivity index (χ4v) is 3.19. The highest BCUT2D eigenvalue weighted by atomic mass is 19.1. The fraction of sp³-hybridized carbons (Fsp3) is 0.368. The number of nitrogens with one attached hydrogen (secondary N) is 1. The van der Waals surface area contributed by atoms with Crippen LogP contribution in [0.1, 0.15) is 28.8 Å². The predicted molar refractivity (Wildman–Crippen MR) is 102 cm³/mol. The molecule has 1 aliphatic rings. The highest BCUT2D eigenvalue weighted by Crippen LogP contribution is 2.25. The van der Waals surface area contributed by atoms with Gasteiger partial charge in [0.05, 0.1) is 24.8 Å². The van der Waals surface area contributed by atoms with Crippen molar-refractivity contribution in [3.63, 3.8) is 0 Å². The Kier molecular flexibility index (Phi) is 6.15. The number of anilines is 2. The molecular formula is C19H22FN5O3. The molecule has 0 saturated carbocycles. The molecule has 2 heterocycles. The van der Waals surface area contributed by atoms with E-state index in [1.807, 2.05) is 0 Å². The van der Waals surface area contributed by atoms with E-state index in [4.69, 9.17) is 10.5 Å². The number of ether oxygens (including phenoxy) is 1. The van der Waals surface area contributed by atoms with Gasteiger partial charge in [-0.2, -0.15) is 4.98 Å². The molecule has 0 unspecified atom stereocenters. The smallest absolute Gasteiger partial charge is 0.224 e. The molecule has 0 amide bonds. The summed E-state index contributed by atoms with van der Waals surface area (Å²) >= 11 is 0. The summed E-state index contributed by atoms with van der Waals surface area (Å²) in [6.07, 6.45) is 3.93. The first-order valence-electron chi connectivity index (χ1n) is 8.95. The lowest BCUT2D eigenvalue weighted by atomic mass is 10.0. The summed E-state index contributed by atoms with van der Waals surface area (Å²) in [7, 11) is 1.40. The standard InChI is InChI=1S/C19H22FN5O3/c1-28-16-3-2-12(20)10-14(16)17(27)15-11-22-19(24-18(15)21)23-13-4-6-25(7-5-13)8-9-26/h2-3,9-11,13H,4-8H2,1H3,(H3,21,22,23,24). The SMILES string of the molecule is COc1ccc(F)cc1C(=O)c1cnc(NC2CCN(CC=O)CC2)nc1N. The number of halogens is 1. The van der Waals surface area contributed by atoms with Crippen molar-refractivity contribution in [1.29, 1.82) is 0 Å². The number of rotatable bonds is 7. The van der Waals surface area contributed by atoms with Crippen molar-refractivity contribution in [2.45, 2.75) is 18.9 Å². The Labute approximate surface area is 161 Å². The van der Waals surface area contributed by atoms with Crippen molar-refractivity contribution in [2.24, 2.45) is 0 Å². The molecule has 0 bridgehead atoms. The molecule has 3 N–H and O–H groups in total.